The fraction of sp³-hybridized carbons (Fsp3) is 0.120. The van der Waals surface area contributed by atoms with Gasteiger partial charge >= 0.3 is 0 Å². The van der Waals surface area contributed by atoms with E-state index >= 15 is 0 Å². The van der Waals surface area contributed by atoms with E-state index in [0.717, 1.165) is 27.4 Å². The molecule has 0 N–H and O–H groups in total. The van der Waals surface area contributed by atoms with Gasteiger partial charge in [-0.2, -0.15) is 0 Å². The highest BCUT2D eigenvalue weighted by atomic mass is 32.1. The van der Waals surface area contributed by atoms with E-state index in [9.17, 15) is 14.9 Å². The number of anilines is 1. The van der Waals surface area contributed by atoms with Crippen molar-refractivity contribution in [3.05, 3.63) is 93.9 Å². The molecule has 0 radical (unpaired) electrons. The topological polar surface area (TPSA) is 85.6 Å². The molecule has 1 aliphatic rings. The fourth-order valence-corrected chi connectivity index (χ4v) is 4.59. The summed E-state index contributed by atoms with van der Waals surface area (Å²) in [5, 5.41) is 13.9. The molecule has 33 heavy (non-hydrogen) atoms. The number of benzene rings is 3. The molecule has 1 amide bonds. The van der Waals surface area contributed by atoms with Gasteiger partial charge in [0.15, 0.2) is 6.10 Å². The number of thiazole rings is 1. The molecule has 0 saturated carbocycles. The van der Waals surface area contributed by atoms with Gasteiger partial charge in [-0.15, -0.1) is 11.3 Å². The number of nitro benzene ring substituents is 1. The molecule has 0 fully saturated rings. The monoisotopic (exact) mass is 457 g/mol. The number of nitrogens with zero attached hydrogens (tertiary/aromatic N) is 3. The van der Waals surface area contributed by atoms with Crippen LogP contribution in [0.5, 0.6) is 5.75 Å². The third-order valence-corrected chi connectivity index (χ3v) is 6.37. The molecule has 4 aromatic rings. The molecule has 8 heteroatoms. The molecule has 164 valence electrons. The van der Waals surface area contributed by atoms with Crippen LogP contribution in [0.3, 0.4) is 0 Å². The third-order valence-electron chi connectivity index (χ3n) is 5.48. The number of carbonyl (C=O) groups excluding carboxylic acids is 1. The van der Waals surface area contributed by atoms with Crippen molar-refractivity contribution in [2.75, 3.05) is 4.90 Å². The summed E-state index contributed by atoms with van der Waals surface area (Å²) < 4.78 is 5.83. The van der Waals surface area contributed by atoms with Crippen LogP contribution in [0, 0.1) is 10.1 Å². The number of non-ortho nitro benzene ring substituents is 1. The first kappa shape index (κ1) is 20.8. The van der Waals surface area contributed by atoms with Crippen LogP contribution < -0.4 is 9.64 Å². The van der Waals surface area contributed by atoms with Crippen molar-refractivity contribution in [2.24, 2.45) is 0 Å². The number of carbonyl (C=O) groups is 1. The maximum Gasteiger partial charge on any atom is 0.269 e. The van der Waals surface area contributed by atoms with E-state index in [1.54, 1.807) is 35.3 Å². The molecular formula is C25H19N3O4S. The lowest BCUT2D eigenvalue weighted by Gasteiger charge is -2.33. The van der Waals surface area contributed by atoms with Crippen molar-refractivity contribution < 1.29 is 14.5 Å². The number of aromatic nitrogens is 1. The first-order chi connectivity index (χ1) is 16.0. The van der Waals surface area contributed by atoms with Crippen molar-refractivity contribution in [1.29, 1.82) is 0 Å². The number of ether oxygens (including phenoxy) is 1. The van der Waals surface area contributed by atoms with Crippen LogP contribution in [-0.2, 0) is 11.3 Å². The van der Waals surface area contributed by atoms with Gasteiger partial charge in [-0.25, -0.2) is 4.98 Å². The van der Waals surface area contributed by atoms with Gasteiger partial charge in [0.1, 0.15) is 10.8 Å². The third kappa shape index (κ3) is 4.08. The molecule has 7 nitrogen and oxygen atoms in total. The van der Waals surface area contributed by atoms with Gasteiger partial charge in [0.2, 0.25) is 0 Å². The lowest BCUT2D eigenvalue weighted by Crippen LogP contribution is -2.44. The Morgan fingerprint density at radius 3 is 2.55 bits per heavy atom. The van der Waals surface area contributed by atoms with Gasteiger partial charge in [-0.1, -0.05) is 42.5 Å². The predicted octanol–water partition coefficient (Wildman–Crippen LogP) is 5.70. The smallest absolute Gasteiger partial charge is 0.269 e. The highest BCUT2D eigenvalue weighted by molar-refractivity contribution is 7.13. The van der Waals surface area contributed by atoms with Crippen LogP contribution in [0.15, 0.2) is 78.2 Å². The number of amides is 1. The van der Waals surface area contributed by atoms with Gasteiger partial charge in [0.25, 0.3) is 11.6 Å². The largest absolute Gasteiger partial charge is 0.479 e. The lowest BCUT2D eigenvalue weighted by molar-refractivity contribution is -0.384. The second-order valence-electron chi connectivity index (χ2n) is 7.69. The summed E-state index contributed by atoms with van der Waals surface area (Å²) >= 11 is 1.56. The van der Waals surface area contributed by atoms with E-state index < -0.39 is 11.0 Å². The van der Waals surface area contributed by atoms with Crippen LogP contribution in [0.2, 0.25) is 0 Å². The second-order valence-corrected chi connectivity index (χ2v) is 8.55. The molecule has 2 heterocycles. The van der Waals surface area contributed by atoms with Crippen molar-refractivity contribution in [2.45, 2.75) is 19.6 Å². The van der Waals surface area contributed by atoms with E-state index in [-0.39, 0.29) is 18.1 Å². The molecule has 1 aliphatic heterocycles. The summed E-state index contributed by atoms with van der Waals surface area (Å²) in [6.45, 7) is 2.00. The van der Waals surface area contributed by atoms with Gasteiger partial charge < -0.3 is 9.64 Å². The highest BCUT2D eigenvalue weighted by Crippen LogP contribution is 2.39. The summed E-state index contributed by atoms with van der Waals surface area (Å²) in [6.07, 6.45) is -0.620. The Balaban J connectivity index is 1.48. The van der Waals surface area contributed by atoms with E-state index in [1.165, 1.54) is 12.1 Å². The van der Waals surface area contributed by atoms with Crippen LogP contribution in [0.25, 0.3) is 21.8 Å². The zero-order valence-corrected chi connectivity index (χ0v) is 18.5. The molecule has 0 saturated heterocycles. The summed E-state index contributed by atoms with van der Waals surface area (Å²) in [6, 6.07) is 21.9. The lowest BCUT2D eigenvalue weighted by atomic mass is 10.1. The normalized spacial score (nSPS) is 15.1. The number of rotatable bonds is 5. The Hall–Kier alpha value is -4.04. The Morgan fingerprint density at radius 1 is 1.06 bits per heavy atom. The summed E-state index contributed by atoms with van der Waals surface area (Å²) in [7, 11) is 0. The van der Waals surface area contributed by atoms with Crippen LogP contribution in [0.4, 0.5) is 11.4 Å². The maximum absolute atomic E-state index is 13.0. The molecule has 5 rings (SSSR count). The molecule has 3 aromatic carbocycles. The van der Waals surface area contributed by atoms with Crippen LogP contribution in [0.1, 0.15) is 12.5 Å². The van der Waals surface area contributed by atoms with Gasteiger partial charge in [-0.05, 0) is 30.7 Å². The molecular weight excluding hydrogens is 438 g/mol. The molecule has 0 aliphatic carbocycles. The summed E-state index contributed by atoms with van der Waals surface area (Å²) in [5.41, 5.74) is 4.22. The van der Waals surface area contributed by atoms with Gasteiger partial charge in [-0.3, -0.25) is 14.9 Å². The van der Waals surface area contributed by atoms with E-state index in [1.807, 2.05) is 53.9 Å². The average molecular weight is 458 g/mol. The Bertz CT molecular complexity index is 1340. The zero-order valence-electron chi connectivity index (χ0n) is 17.7. The first-order valence-corrected chi connectivity index (χ1v) is 11.2. The highest BCUT2D eigenvalue weighted by Gasteiger charge is 2.32. The molecule has 0 bridgehead atoms. The summed E-state index contributed by atoms with van der Waals surface area (Å²) in [5.74, 6) is 0.451. The van der Waals surface area contributed by atoms with E-state index in [2.05, 4.69) is 0 Å². The second kappa shape index (κ2) is 8.48. The minimum atomic E-state index is -0.620. The SMILES string of the molecule is CC1Oc2ccc(-c3csc(-c4ccccc4)n3)cc2N(Cc2ccc([N+](=O)[O-])cc2)C1=O. The van der Waals surface area contributed by atoms with Gasteiger partial charge in [0, 0.05) is 28.6 Å². The number of hydrogen-bond donors (Lipinski definition) is 0. The average Bonchev–Trinajstić information content (AvgIpc) is 3.33. The van der Waals surface area contributed by atoms with Gasteiger partial charge in [0.05, 0.1) is 22.8 Å². The molecule has 1 unspecified atom stereocenters. The van der Waals surface area contributed by atoms with Crippen molar-refractivity contribution in [1.82, 2.24) is 4.98 Å². The van der Waals surface area contributed by atoms with Crippen LogP contribution >= 0.6 is 11.3 Å². The van der Waals surface area contributed by atoms with Crippen LogP contribution in [-0.4, -0.2) is 21.9 Å². The molecule has 0 spiro atoms. The Morgan fingerprint density at radius 2 is 1.82 bits per heavy atom. The number of nitro groups is 1. The quantitative estimate of drug-likeness (QED) is 0.283. The standard InChI is InChI=1S/C25H19N3O4S/c1-16-25(29)27(14-17-7-10-20(11-8-17)28(30)31)22-13-19(9-12-23(22)32-16)21-15-33-24(26-21)18-5-3-2-4-6-18/h2-13,15-16H,14H2,1H3. The predicted molar refractivity (Wildman–Crippen MR) is 127 cm³/mol. The number of fused-ring (bicyclic) bond motifs is 1. The Kier molecular flexibility index (Phi) is 5.35. The number of hydrogen-bond acceptors (Lipinski definition) is 6. The maximum atomic E-state index is 13.0. The molecule has 1 atom stereocenters. The molecule has 1 aromatic heterocycles. The Labute approximate surface area is 194 Å². The van der Waals surface area contributed by atoms with E-state index in [0.29, 0.717) is 11.4 Å². The minimum absolute atomic E-state index is 0.0147. The minimum Gasteiger partial charge on any atom is -0.479 e. The summed E-state index contributed by atoms with van der Waals surface area (Å²) in [4.78, 5) is 29.9. The fourth-order valence-electron chi connectivity index (χ4n) is 3.75. The van der Waals surface area contributed by atoms with Crippen molar-refractivity contribution in [3.8, 4) is 27.6 Å². The van der Waals surface area contributed by atoms with E-state index in [4.69, 9.17) is 9.72 Å². The van der Waals surface area contributed by atoms with Crippen molar-refractivity contribution >= 4 is 28.6 Å². The first-order valence-electron chi connectivity index (χ1n) is 10.4. The van der Waals surface area contributed by atoms with Crippen molar-refractivity contribution in [3.63, 3.8) is 0 Å². The zero-order chi connectivity index (χ0) is 22.9.